The van der Waals surface area contributed by atoms with Crippen LogP contribution in [0.3, 0.4) is 0 Å². The second-order valence-electron chi connectivity index (χ2n) is 12.9. The summed E-state index contributed by atoms with van der Waals surface area (Å²) < 4.78 is 0.287. The summed E-state index contributed by atoms with van der Waals surface area (Å²) in [5.41, 5.74) is 3.79. The number of thioether (sulfide) groups is 2. The first-order chi connectivity index (χ1) is 17.4. The summed E-state index contributed by atoms with van der Waals surface area (Å²) in [6.45, 7) is 5.33. The molecule has 4 aliphatic carbocycles. The van der Waals surface area contributed by atoms with Gasteiger partial charge in [0.2, 0.25) is 0 Å². The minimum absolute atomic E-state index is 0.0450. The Morgan fingerprint density at radius 1 is 0.722 bits per heavy atom. The lowest BCUT2D eigenvalue weighted by Gasteiger charge is -2.62. The van der Waals surface area contributed by atoms with Crippen molar-refractivity contribution in [1.29, 1.82) is 0 Å². The fourth-order valence-corrected chi connectivity index (χ4v) is 12.8. The summed E-state index contributed by atoms with van der Waals surface area (Å²) in [7, 11) is 0. The number of hydrogen-bond acceptors (Lipinski definition) is 3. The molecular formula is C33H44OS2. The molecule has 2 unspecified atom stereocenters. The van der Waals surface area contributed by atoms with Crippen molar-refractivity contribution < 1.29 is 5.11 Å². The van der Waals surface area contributed by atoms with Gasteiger partial charge in [-0.05, 0) is 103 Å². The first kappa shape index (κ1) is 25.4. The van der Waals surface area contributed by atoms with Crippen LogP contribution in [0, 0.1) is 34.5 Å². The van der Waals surface area contributed by atoms with Crippen LogP contribution in [0.25, 0.3) is 0 Å². The van der Waals surface area contributed by atoms with Crippen molar-refractivity contribution >= 4 is 23.5 Å². The molecule has 1 nitrogen and oxygen atoms in total. The molecule has 0 heterocycles. The average molecular weight is 521 g/mol. The normalized spacial score (nSPS) is 39.1. The van der Waals surface area contributed by atoms with Crippen LogP contribution in [-0.2, 0) is 11.5 Å². The summed E-state index contributed by atoms with van der Waals surface area (Å²) in [5, 5.41) is 10.4. The third kappa shape index (κ3) is 4.30. The zero-order valence-electron chi connectivity index (χ0n) is 22.2. The minimum Gasteiger partial charge on any atom is -0.393 e. The highest BCUT2D eigenvalue weighted by atomic mass is 32.2. The van der Waals surface area contributed by atoms with Crippen LogP contribution in [0.1, 0.15) is 82.8 Å². The predicted molar refractivity (Wildman–Crippen MR) is 156 cm³/mol. The largest absolute Gasteiger partial charge is 0.393 e. The monoisotopic (exact) mass is 520 g/mol. The van der Waals surface area contributed by atoms with E-state index in [2.05, 4.69) is 98.0 Å². The highest BCUT2D eigenvalue weighted by Gasteiger charge is 2.65. The molecule has 2 aromatic carbocycles. The summed E-state index contributed by atoms with van der Waals surface area (Å²) in [4.78, 5) is 0. The molecule has 4 saturated carbocycles. The topological polar surface area (TPSA) is 20.2 Å². The van der Waals surface area contributed by atoms with Crippen molar-refractivity contribution in [2.75, 3.05) is 0 Å². The number of aliphatic hydroxyl groups excluding tert-OH is 1. The number of rotatable bonds is 6. The first-order valence-corrected chi connectivity index (χ1v) is 16.4. The van der Waals surface area contributed by atoms with Gasteiger partial charge >= 0.3 is 0 Å². The van der Waals surface area contributed by atoms with Gasteiger partial charge in [-0.3, -0.25) is 0 Å². The molecule has 0 aliphatic heterocycles. The number of hydrogen-bond donors (Lipinski definition) is 1. The van der Waals surface area contributed by atoms with Crippen LogP contribution in [0.4, 0.5) is 0 Å². The van der Waals surface area contributed by atoms with Crippen LogP contribution in [-0.4, -0.2) is 15.3 Å². The van der Waals surface area contributed by atoms with Crippen LogP contribution < -0.4 is 0 Å². The van der Waals surface area contributed by atoms with E-state index < -0.39 is 0 Å². The van der Waals surface area contributed by atoms with E-state index in [0.717, 1.165) is 48.0 Å². The lowest BCUT2D eigenvalue weighted by molar-refractivity contribution is -0.121. The van der Waals surface area contributed by atoms with Crippen molar-refractivity contribution in [3.63, 3.8) is 0 Å². The maximum Gasteiger partial charge on any atom is 0.0673 e. The molecule has 2 aromatic rings. The van der Waals surface area contributed by atoms with E-state index in [1.54, 1.807) is 0 Å². The molecule has 0 saturated heterocycles. The molecule has 0 amide bonds. The average Bonchev–Trinajstić information content (AvgIpc) is 3.20. The van der Waals surface area contributed by atoms with Gasteiger partial charge < -0.3 is 5.11 Å². The smallest absolute Gasteiger partial charge is 0.0673 e. The van der Waals surface area contributed by atoms with E-state index >= 15 is 0 Å². The van der Waals surface area contributed by atoms with Gasteiger partial charge in [0.05, 0.1) is 10.2 Å². The summed E-state index contributed by atoms with van der Waals surface area (Å²) in [5.74, 6) is 5.60. The SMILES string of the molecule is C[C@]12CCC(O)CC1CC[C@@H]1[C@H]2CC[C@@]2(C)[C@H]1CCC2(SCc1ccccc1)SCc1ccccc1. The molecule has 4 aliphatic rings. The highest BCUT2D eigenvalue weighted by Crippen LogP contribution is 2.73. The Morgan fingerprint density at radius 2 is 1.33 bits per heavy atom. The van der Waals surface area contributed by atoms with Crippen LogP contribution >= 0.6 is 23.5 Å². The van der Waals surface area contributed by atoms with E-state index in [9.17, 15) is 5.11 Å². The molecular weight excluding hydrogens is 476 g/mol. The number of benzene rings is 2. The first-order valence-electron chi connectivity index (χ1n) is 14.5. The molecule has 36 heavy (non-hydrogen) atoms. The van der Waals surface area contributed by atoms with Crippen LogP contribution in [0.5, 0.6) is 0 Å². The van der Waals surface area contributed by atoms with Gasteiger partial charge in [-0.1, -0.05) is 74.5 Å². The molecule has 6 rings (SSSR count). The lowest BCUT2D eigenvalue weighted by atomic mass is 9.45. The molecule has 4 fully saturated rings. The second-order valence-corrected chi connectivity index (χ2v) is 15.7. The minimum atomic E-state index is -0.0450. The zero-order chi connectivity index (χ0) is 24.8. The molecule has 1 N–H and O–H groups in total. The molecule has 7 atom stereocenters. The fourth-order valence-electron chi connectivity index (χ4n) is 9.26. The Labute approximate surface area is 227 Å². The van der Waals surface area contributed by atoms with Crippen molar-refractivity contribution in [3.8, 4) is 0 Å². The Balaban J connectivity index is 1.27. The summed E-state index contributed by atoms with van der Waals surface area (Å²) >= 11 is 4.56. The summed E-state index contributed by atoms with van der Waals surface area (Å²) in [6, 6.07) is 22.3. The zero-order valence-corrected chi connectivity index (χ0v) is 23.8. The molecule has 0 radical (unpaired) electrons. The standard InChI is InChI=1S/C33H44OS2/c1-31-18-15-27(34)21-26(31)13-14-28-29(31)16-19-32(2)30(28)17-20-33(32,35-22-24-9-5-3-6-10-24)36-23-25-11-7-4-8-12-25/h3-12,26-30,34H,13-23H2,1-2H3/t26?,27?,28-,29-,30+,31+,32+/m1/s1. The maximum absolute atomic E-state index is 10.4. The van der Waals surface area contributed by atoms with Crippen molar-refractivity contribution in [2.24, 2.45) is 34.5 Å². The lowest BCUT2D eigenvalue weighted by Crippen LogP contribution is -2.55. The number of fused-ring (bicyclic) bond motifs is 5. The van der Waals surface area contributed by atoms with Gasteiger partial charge in [0.25, 0.3) is 0 Å². The quantitative estimate of drug-likeness (QED) is 0.384. The van der Waals surface area contributed by atoms with Gasteiger partial charge in [-0.25, -0.2) is 0 Å². The van der Waals surface area contributed by atoms with Gasteiger partial charge in [-0.2, -0.15) is 0 Å². The van der Waals surface area contributed by atoms with E-state index in [1.807, 2.05) is 0 Å². The van der Waals surface area contributed by atoms with Crippen LogP contribution in [0.15, 0.2) is 60.7 Å². The Hall–Kier alpha value is -0.900. The Morgan fingerprint density at radius 3 is 1.97 bits per heavy atom. The van der Waals surface area contributed by atoms with Gasteiger partial charge in [-0.15, -0.1) is 23.5 Å². The molecule has 0 aromatic heterocycles. The van der Waals surface area contributed by atoms with Crippen molar-refractivity contribution in [2.45, 2.75) is 93.3 Å². The fraction of sp³-hybridized carbons (Fsp3) is 0.636. The van der Waals surface area contributed by atoms with E-state index in [4.69, 9.17) is 0 Å². The third-order valence-electron chi connectivity index (χ3n) is 11.3. The van der Waals surface area contributed by atoms with E-state index in [-0.39, 0.29) is 10.2 Å². The maximum atomic E-state index is 10.4. The predicted octanol–water partition coefficient (Wildman–Crippen LogP) is 8.95. The second kappa shape index (κ2) is 10.0. The van der Waals surface area contributed by atoms with E-state index in [1.165, 1.54) is 56.1 Å². The van der Waals surface area contributed by atoms with Crippen LogP contribution in [0.2, 0.25) is 0 Å². The highest BCUT2D eigenvalue weighted by molar-refractivity contribution is 8.17. The van der Waals surface area contributed by atoms with Gasteiger partial charge in [0.15, 0.2) is 0 Å². The molecule has 3 heteroatoms. The Bertz CT molecular complexity index is 981. The molecule has 194 valence electrons. The third-order valence-corrected chi connectivity index (χ3v) is 15.2. The van der Waals surface area contributed by atoms with Crippen molar-refractivity contribution in [1.82, 2.24) is 0 Å². The molecule has 0 spiro atoms. The van der Waals surface area contributed by atoms with Gasteiger partial charge in [0.1, 0.15) is 0 Å². The van der Waals surface area contributed by atoms with Gasteiger partial charge in [0, 0.05) is 11.5 Å². The van der Waals surface area contributed by atoms with E-state index in [0.29, 0.717) is 10.8 Å². The Kier molecular flexibility index (Phi) is 7.06. The number of aliphatic hydroxyl groups is 1. The summed E-state index contributed by atoms with van der Waals surface area (Å²) in [6.07, 6.45) is 11.6. The molecule has 0 bridgehead atoms. The van der Waals surface area contributed by atoms with Crippen molar-refractivity contribution in [3.05, 3.63) is 71.8 Å².